The summed E-state index contributed by atoms with van der Waals surface area (Å²) in [6.07, 6.45) is 0.804. The zero-order valence-corrected chi connectivity index (χ0v) is 14.9. The molecule has 3 nitrogen and oxygen atoms in total. The van der Waals surface area contributed by atoms with Gasteiger partial charge in [0, 0.05) is 11.7 Å². The number of amides is 1. The van der Waals surface area contributed by atoms with E-state index in [1.165, 1.54) is 12.5 Å². The fraction of sp³-hybridized carbons (Fsp3) is 0.381. The SMILES string of the molecule is O=C(NC1CCCCC1)C(Nc1cccc(C(F)(F)F)c1)c1ccccc1. The van der Waals surface area contributed by atoms with E-state index >= 15 is 0 Å². The summed E-state index contributed by atoms with van der Waals surface area (Å²) >= 11 is 0. The molecule has 0 aliphatic heterocycles. The highest BCUT2D eigenvalue weighted by molar-refractivity contribution is 5.86. The predicted molar refractivity (Wildman–Crippen MR) is 99.3 cm³/mol. The topological polar surface area (TPSA) is 41.1 Å². The highest BCUT2D eigenvalue weighted by atomic mass is 19.4. The molecule has 2 aromatic carbocycles. The number of halogens is 3. The second-order valence-electron chi connectivity index (χ2n) is 6.91. The molecule has 1 aliphatic carbocycles. The van der Waals surface area contributed by atoms with Crippen molar-refractivity contribution in [3.05, 3.63) is 65.7 Å². The largest absolute Gasteiger partial charge is 0.416 e. The minimum absolute atomic E-state index is 0.126. The molecule has 0 bridgehead atoms. The van der Waals surface area contributed by atoms with E-state index in [-0.39, 0.29) is 17.6 Å². The first kappa shape index (κ1) is 19.3. The third kappa shape index (κ3) is 5.25. The van der Waals surface area contributed by atoms with Crippen molar-refractivity contribution in [3.63, 3.8) is 0 Å². The number of nitrogens with one attached hydrogen (secondary N) is 2. The van der Waals surface area contributed by atoms with E-state index in [1.54, 1.807) is 18.2 Å². The first-order valence-electron chi connectivity index (χ1n) is 9.22. The molecule has 0 heterocycles. The van der Waals surface area contributed by atoms with E-state index in [2.05, 4.69) is 10.6 Å². The molecule has 1 atom stereocenters. The highest BCUT2D eigenvalue weighted by Gasteiger charge is 2.31. The normalized spacial score (nSPS) is 16.6. The molecular formula is C21H23F3N2O. The van der Waals surface area contributed by atoms with Gasteiger partial charge in [-0.05, 0) is 36.6 Å². The van der Waals surface area contributed by atoms with Crippen LogP contribution >= 0.6 is 0 Å². The Kier molecular flexibility index (Phi) is 6.04. The Balaban J connectivity index is 1.81. The van der Waals surface area contributed by atoms with Gasteiger partial charge in [-0.2, -0.15) is 13.2 Å². The average Bonchev–Trinajstić information content (AvgIpc) is 2.67. The summed E-state index contributed by atoms with van der Waals surface area (Å²) < 4.78 is 39.0. The molecule has 0 saturated heterocycles. The van der Waals surface area contributed by atoms with Gasteiger partial charge >= 0.3 is 6.18 Å². The van der Waals surface area contributed by atoms with Crippen LogP contribution < -0.4 is 10.6 Å². The summed E-state index contributed by atoms with van der Waals surface area (Å²) in [5.74, 6) is -0.217. The highest BCUT2D eigenvalue weighted by Crippen LogP contribution is 2.31. The summed E-state index contributed by atoms with van der Waals surface area (Å²) in [7, 11) is 0. The van der Waals surface area contributed by atoms with Crippen molar-refractivity contribution in [2.24, 2.45) is 0 Å². The molecule has 144 valence electrons. The Morgan fingerprint density at radius 1 is 0.963 bits per heavy atom. The number of anilines is 1. The standard InChI is InChI=1S/C21H23F3N2O/c22-21(23,24)16-10-7-13-18(14-16)25-19(15-8-3-1-4-9-15)20(27)26-17-11-5-2-6-12-17/h1,3-4,7-10,13-14,17,19,25H,2,5-6,11-12H2,(H,26,27). The Morgan fingerprint density at radius 2 is 1.67 bits per heavy atom. The van der Waals surface area contributed by atoms with Crippen LogP contribution in [-0.2, 0) is 11.0 Å². The van der Waals surface area contributed by atoms with Gasteiger partial charge in [-0.3, -0.25) is 4.79 Å². The smallest absolute Gasteiger partial charge is 0.370 e. The summed E-state index contributed by atoms with van der Waals surface area (Å²) in [6, 6.07) is 13.4. The van der Waals surface area contributed by atoms with E-state index in [1.807, 2.05) is 18.2 Å². The van der Waals surface area contributed by atoms with Gasteiger partial charge in [0.25, 0.3) is 0 Å². The van der Waals surface area contributed by atoms with Crippen molar-refractivity contribution < 1.29 is 18.0 Å². The Bertz CT molecular complexity index is 756. The van der Waals surface area contributed by atoms with Gasteiger partial charge in [0.05, 0.1) is 5.56 Å². The molecule has 1 unspecified atom stereocenters. The third-order valence-corrected chi connectivity index (χ3v) is 4.85. The molecule has 0 aromatic heterocycles. The van der Waals surface area contributed by atoms with Gasteiger partial charge in [0.1, 0.15) is 6.04 Å². The molecule has 1 fully saturated rings. The molecule has 2 N–H and O–H groups in total. The minimum Gasteiger partial charge on any atom is -0.370 e. The van der Waals surface area contributed by atoms with Gasteiger partial charge in [0.2, 0.25) is 5.91 Å². The van der Waals surface area contributed by atoms with Crippen molar-refractivity contribution in [2.45, 2.75) is 50.4 Å². The molecule has 27 heavy (non-hydrogen) atoms. The van der Waals surface area contributed by atoms with Crippen LogP contribution in [0.4, 0.5) is 18.9 Å². The molecule has 3 rings (SSSR count). The van der Waals surface area contributed by atoms with E-state index < -0.39 is 17.8 Å². The number of alkyl halides is 3. The lowest BCUT2D eigenvalue weighted by atomic mass is 9.95. The molecule has 6 heteroatoms. The minimum atomic E-state index is -4.43. The maximum atomic E-state index is 13.0. The van der Waals surface area contributed by atoms with Crippen LogP contribution in [0.3, 0.4) is 0 Å². The number of carbonyl (C=O) groups is 1. The summed E-state index contributed by atoms with van der Waals surface area (Å²) in [6.45, 7) is 0. The van der Waals surface area contributed by atoms with Crippen LogP contribution in [0.15, 0.2) is 54.6 Å². The lowest BCUT2D eigenvalue weighted by Crippen LogP contribution is -2.41. The molecule has 0 spiro atoms. The predicted octanol–water partition coefficient (Wildman–Crippen LogP) is 5.31. The Hall–Kier alpha value is -2.50. The summed E-state index contributed by atoms with van der Waals surface area (Å²) in [4.78, 5) is 12.9. The van der Waals surface area contributed by atoms with Crippen LogP contribution in [0.1, 0.15) is 49.3 Å². The second-order valence-corrected chi connectivity index (χ2v) is 6.91. The zero-order chi connectivity index (χ0) is 19.3. The fourth-order valence-electron chi connectivity index (χ4n) is 3.43. The lowest BCUT2D eigenvalue weighted by molar-refractivity contribution is -0.137. The van der Waals surface area contributed by atoms with E-state index in [9.17, 15) is 18.0 Å². The quantitative estimate of drug-likeness (QED) is 0.743. The van der Waals surface area contributed by atoms with Gasteiger partial charge in [-0.25, -0.2) is 0 Å². The Labute approximate surface area is 157 Å². The van der Waals surface area contributed by atoms with Crippen molar-refractivity contribution in [1.82, 2.24) is 5.32 Å². The molecular weight excluding hydrogens is 353 g/mol. The van der Waals surface area contributed by atoms with E-state index in [0.717, 1.165) is 37.8 Å². The van der Waals surface area contributed by atoms with Crippen molar-refractivity contribution >= 4 is 11.6 Å². The second kappa shape index (κ2) is 8.46. The maximum absolute atomic E-state index is 13.0. The monoisotopic (exact) mass is 376 g/mol. The summed E-state index contributed by atoms with van der Waals surface area (Å²) in [5, 5.41) is 6.04. The number of rotatable bonds is 5. The van der Waals surface area contributed by atoms with Crippen LogP contribution in [0.25, 0.3) is 0 Å². The van der Waals surface area contributed by atoms with Crippen molar-refractivity contribution in [2.75, 3.05) is 5.32 Å². The Morgan fingerprint density at radius 3 is 2.33 bits per heavy atom. The van der Waals surface area contributed by atoms with Crippen LogP contribution in [0, 0.1) is 0 Å². The number of hydrogen-bond donors (Lipinski definition) is 2. The molecule has 1 aliphatic rings. The molecule has 2 aromatic rings. The molecule has 1 amide bonds. The van der Waals surface area contributed by atoms with E-state index in [0.29, 0.717) is 5.56 Å². The first-order valence-corrected chi connectivity index (χ1v) is 9.22. The van der Waals surface area contributed by atoms with Gasteiger partial charge in [0.15, 0.2) is 0 Å². The van der Waals surface area contributed by atoms with Gasteiger partial charge in [-0.15, -0.1) is 0 Å². The van der Waals surface area contributed by atoms with Crippen LogP contribution in [0.5, 0.6) is 0 Å². The maximum Gasteiger partial charge on any atom is 0.416 e. The fourth-order valence-corrected chi connectivity index (χ4v) is 3.43. The van der Waals surface area contributed by atoms with Crippen molar-refractivity contribution in [1.29, 1.82) is 0 Å². The van der Waals surface area contributed by atoms with Gasteiger partial charge < -0.3 is 10.6 Å². The number of hydrogen-bond acceptors (Lipinski definition) is 2. The molecule has 0 radical (unpaired) electrons. The van der Waals surface area contributed by atoms with E-state index in [4.69, 9.17) is 0 Å². The third-order valence-electron chi connectivity index (χ3n) is 4.85. The molecule has 1 saturated carbocycles. The lowest BCUT2D eigenvalue weighted by Gasteiger charge is -2.27. The number of carbonyl (C=O) groups excluding carboxylic acids is 1. The first-order chi connectivity index (χ1) is 12.9. The van der Waals surface area contributed by atoms with Crippen molar-refractivity contribution in [3.8, 4) is 0 Å². The summed E-state index contributed by atoms with van der Waals surface area (Å²) in [5.41, 5.74) is 0.229. The zero-order valence-electron chi connectivity index (χ0n) is 14.9. The average molecular weight is 376 g/mol. The van der Waals surface area contributed by atoms with Crippen LogP contribution in [0.2, 0.25) is 0 Å². The van der Waals surface area contributed by atoms with Gasteiger partial charge in [-0.1, -0.05) is 55.7 Å². The van der Waals surface area contributed by atoms with Crippen LogP contribution in [-0.4, -0.2) is 11.9 Å². The number of benzene rings is 2.